The second-order valence-corrected chi connectivity index (χ2v) is 5.05. The minimum atomic E-state index is -0.0891. The fourth-order valence-corrected chi connectivity index (χ4v) is 2.09. The molecule has 1 aliphatic rings. The van der Waals surface area contributed by atoms with Crippen molar-refractivity contribution in [2.75, 3.05) is 12.8 Å². The van der Waals surface area contributed by atoms with E-state index in [2.05, 4.69) is 5.32 Å². The van der Waals surface area contributed by atoms with Crippen LogP contribution in [0.25, 0.3) is 0 Å². The predicted molar refractivity (Wildman–Crippen MR) is 71.7 cm³/mol. The van der Waals surface area contributed by atoms with Crippen LogP contribution >= 0.6 is 0 Å². The minimum Gasteiger partial charge on any atom is -0.497 e. The maximum Gasteiger partial charge on any atom is 0.251 e. The third kappa shape index (κ3) is 3.39. The highest BCUT2D eigenvalue weighted by Gasteiger charge is 2.24. The van der Waals surface area contributed by atoms with E-state index in [4.69, 9.17) is 10.5 Å². The van der Waals surface area contributed by atoms with E-state index in [1.165, 1.54) is 12.8 Å². The van der Waals surface area contributed by atoms with E-state index >= 15 is 0 Å². The maximum atomic E-state index is 12.1. The van der Waals surface area contributed by atoms with Gasteiger partial charge in [-0.15, -0.1) is 0 Å². The smallest absolute Gasteiger partial charge is 0.251 e. The molecular weight excluding hydrogens is 228 g/mol. The van der Waals surface area contributed by atoms with Gasteiger partial charge in [0.05, 0.1) is 7.11 Å². The molecule has 1 fully saturated rings. The zero-order valence-electron chi connectivity index (χ0n) is 10.9. The number of hydrogen-bond donors (Lipinski definition) is 2. The van der Waals surface area contributed by atoms with Crippen LogP contribution in [0, 0.1) is 5.92 Å². The summed E-state index contributed by atoms with van der Waals surface area (Å²) >= 11 is 0. The summed E-state index contributed by atoms with van der Waals surface area (Å²) < 4.78 is 5.11. The first-order valence-electron chi connectivity index (χ1n) is 6.34. The molecule has 4 nitrogen and oxygen atoms in total. The number of rotatable bonds is 5. The summed E-state index contributed by atoms with van der Waals surface area (Å²) in [6, 6.07) is 5.28. The molecule has 1 atom stereocenters. The first kappa shape index (κ1) is 12.7. The highest BCUT2D eigenvalue weighted by molar-refractivity contribution is 5.95. The molecule has 1 aromatic rings. The number of nitrogens with one attached hydrogen (secondary N) is 1. The summed E-state index contributed by atoms with van der Waals surface area (Å²) in [4.78, 5) is 12.1. The number of methoxy groups -OCH3 is 1. The van der Waals surface area contributed by atoms with Crippen molar-refractivity contribution in [3.63, 3.8) is 0 Å². The first-order chi connectivity index (χ1) is 8.58. The maximum absolute atomic E-state index is 12.1. The van der Waals surface area contributed by atoms with Crippen LogP contribution in [0.5, 0.6) is 5.75 Å². The van der Waals surface area contributed by atoms with E-state index in [1.54, 1.807) is 25.3 Å². The molecule has 0 heterocycles. The van der Waals surface area contributed by atoms with Crippen LogP contribution in [0.2, 0.25) is 0 Å². The van der Waals surface area contributed by atoms with Crippen LogP contribution in [0.4, 0.5) is 5.69 Å². The molecule has 4 heteroatoms. The third-order valence-corrected chi connectivity index (χ3v) is 3.19. The molecule has 0 aliphatic heterocycles. The van der Waals surface area contributed by atoms with E-state index in [0.29, 0.717) is 17.0 Å². The predicted octanol–water partition coefficient (Wildman–Crippen LogP) is 2.20. The van der Waals surface area contributed by atoms with Crippen molar-refractivity contribution in [2.45, 2.75) is 32.2 Å². The number of nitrogen functional groups attached to an aromatic ring is 1. The van der Waals surface area contributed by atoms with Crippen molar-refractivity contribution < 1.29 is 9.53 Å². The Balaban J connectivity index is 2.00. The van der Waals surface area contributed by atoms with Gasteiger partial charge in [0.1, 0.15) is 5.75 Å². The van der Waals surface area contributed by atoms with Gasteiger partial charge in [-0.1, -0.05) is 12.8 Å². The molecule has 0 bridgehead atoms. The van der Waals surface area contributed by atoms with Gasteiger partial charge in [0.2, 0.25) is 0 Å². The molecule has 1 aliphatic carbocycles. The summed E-state index contributed by atoms with van der Waals surface area (Å²) in [5, 5.41) is 3.00. The first-order valence-corrected chi connectivity index (χ1v) is 6.34. The third-order valence-electron chi connectivity index (χ3n) is 3.19. The summed E-state index contributed by atoms with van der Waals surface area (Å²) in [7, 11) is 1.56. The average molecular weight is 248 g/mol. The van der Waals surface area contributed by atoms with Crippen LogP contribution in [-0.2, 0) is 0 Å². The second-order valence-electron chi connectivity index (χ2n) is 5.05. The molecular formula is C14H20N2O2. The zero-order chi connectivity index (χ0) is 13.1. The molecule has 0 saturated heterocycles. The van der Waals surface area contributed by atoms with Gasteiger partial charge in [-0.2, -0.15) is 0 Å². The standard InChI is InChI=1S/C14H20N2O2/c1-9(5-10-3-4-10)16-14(17)11-6-12(15)8-13(7-11)18-2/h6-10H,3-5,15H2,1-2H3,(H,16,17). The van der Waals surface area contributed by atoms with Gasteiger partial charge in [0, 0.05) is 23.4 Å². The van der Waals surface area contributed by atoms with Crippen molar-refractivity contribution >= 4 is 11.6 Å². The van der Waals surface area contributed by atoms with Crippen LogP contribution in [-0.4, -0.2) is 19.1 Å². The van der Waals surface area contributed by atoms with Crippen molar-refractivity contribution in [2.24, 2.45) is 5.92 Å². The van der Waals surface area contributed by atoms with Gasteiger partial charge < -0.3 is 15.8 Å². The summed E-state index contributed by atoms with van der Waals surface area (Å²) in [6.45, 7) is 2.04. The molecule has 0 spiro atoms. The lowest BCUT2D eigenvalue weighted by molar-refractivity contribution is 0.0937. The summed E-state index contributed by atoms with van der Waals surface area (Å²) in [5.74, 6) is 1.32. The number of amides is 1. The van der Waals surface area contributed by atoms with E-state index in [-0.39, 0.29) is 11.9 Å². The van der Waals surface area contributed by atoms with E-state index in [0.717, 1.165) is 12.3 Å². The van der Waals surface area contributed by atoms with E-state index in [1.807, 2.05) is 6.92 Å². The number of carbonyl (C=O) groups is 1. The van der Waals surface area contributed by atoms with Crippen molar-refractivity contribution in [3.05, 3.63) is 23.8 Å². The molecule has 0 radical (unpaired) electrons. The molecule has 1 saturated carbocycles. The molecule has 0 aromatic heterocycles. The van der Waals surface area contributed by atoms with Crippen LogP contribution in [0.1, 0.15) is 36.5 Å². The summed E-state index contributed by atoms with van der Waals surface area (Å²) in [6.07, 6.45) is 3.66. The van der Waals surface area contributed by atoms with Gasteiger partial charge in [-0.05, 0) is 31.4 Å². The normalized spacial score (nSPS) is 16.1. The lowest BCUT2D eigenvalue weighted by Crippen LogP contribution is -2.32. The summed E-state index contributed by atoms with van der Waals surface area (Å²) in [5.41, 5.74) is 6.82. The fourth-order valence-electron chi connectivity index (χ4n) is 2.09. The number of carbonyl (C=O) groups excluding carboxylic acids is 1. The molecule has 2 rings (SSSR count). The quantitative estimate of drug-likeness (QED) is 0.785. The Hall–Kier alpha value is -1.71. The SMILES string of the molecule is COc1cc(N)cc(C(=O)NC(C)CC2CC2)c1. The Morgan fingerprint density at radius 3 is 2.83 bits per heavy atom. The Morgan fingerprint density at radius 2 is 2.22 bits per heavy atom. The van der Waals surface area contributed by atoms with Gasteiger partial charge in [0.15, 0.2) is 0 Å². The lowest BCUT2D eigenvalue weighted by atomic mass is 10.1. The zero-order valence-corrected chi connectivity index (χ0v) is 10.9. The van der Waals surface area contributed by atoms with E-state index < -0.39 is 0 Å². The minimum absolute atomic E-state index is 0.0891. The Labute approximate surface area is 108 Å². The fraction of sp³-hybridized carbons (Fsp3) is 0.500. The molecule has 3 N–H and O–H groups in total. The average Bonchev–Trinajstić information content (AvgIpc) is 3.11. The molecule has 1 unspecified atom stereocenters. The monoisotopic (exact) mass is 248 g/mol. The topological polar surface area (TPSA) is 64.3 Å². The highest BCUT2D eigenvalue weighted by Crippen LogP contribution is 2.33. The molecule has 18 heavy (non-hydrogen) atoms. The van der Waals surface area contributed by atoms with Crippen LogP contribution in [0.3, 0.4) is 0 Å². The van der Waals surface area contributed by atoms with E-state index in [9.17, 15) is 4.79 Å². The highest BCUT2D eigenvalue weighted by atomic mass is 16.5. The Kier molecular flexibility index (Phi) is 3.75. The second kappa shape index (κ2) is 5.29. The van der Waals surface area contributed by atoms with Gasteiger partial charge in [-0.3, -0.25) is 4.79 Å². The Morgan fingerprint density at radius 1 is 1.50 bits per heavy atom. The number of hydrogen-bond acceptors (Lipinski definition) is 3. The number of benzene rings is 1. The van der Waals surface area contributed by atoms with Crippen molar-refractivity contribution in [3.8, 4) is 5.75 Å². The largest absolute Gasteiger partial charge is 0.497 e. The van der Waals surface area contributed by atoms with Crippen molar-refractivity contribution in [1.29, 1.82) is 0 Å². The molecule has 1 aromatic carbocycles. The van der Waals surface area contributed by atoms with Gasteiger partial charge in [-0.25, -0.2) is 0 Å². The van der Waals surface area contributed by atoms with Gasteiger partial charge >= 0.3 is 0 Å². The lowest BCUT2D eigenvalue weighted by Gasteiger charge is -2.14. The molecule has 1 amide bonds. The van der Waals surface area contributed by atoms with Crippen LogP contribution in [0.15, 0.2) is 18.2 Å². The number of nitrogens with two attached hydrogens (primary N) is 1. The Bertz CT molecular complexity index is 441. The number of ether oxygens (including phenoxy) is 1. The van der Waals surface area contributed by atoms with Crippen LogP contribution < -0.4 is 15.8 Å². The molecule has 98 valence electrons. The van der Waals surface area contributed by atoms with Crippen molar-refractivity contribution in [1.82, 2.24) is 5.32 Å². The van der Waals surface area contributed by atoms with Gasteiger partial charge in [0.25, 0.3) is 5.91 Å². The number of anilines is 1.